The van der Waals surface area contributed by atoms with Crippen molar-refractivity contribution >= 4 is 23.2 Å². The summed E-state index contributed by atoms with van der Waals surface area (Å²) in [7, 11) is 3.27. The first kappa shape index (κ1) is 27.6. The molecule has 40 heavy (non-hydrogen) atoms. The van der Waals surface area contributed by atoms with Crippen molar-refractivity contribution in [2.75, 3.05) is 81.9 Å². The van der Waals surface area contributed by atoms with Gasteiger partial charge in [-0.3, -0.25) is 9.78 Å². The van der Waals surface area contributed by atoms with Crippen molar-refractivity contribution in [1.29, 1.82) is 0 Å². The van der Waals surface area contributed by atoms with Crippen LogP contribution >= 0.6 is 0 Å². The predicted molar refractivity (Wildman–Crippen MR) is 150 cm³/mol. The molecule has 212 valence electrons. The van der Waals surface area contributed by atoms with Crippen molar-refractivity contribution in [1.82, 2.24) is 20.3 Å². The molecule has 1 aromatic carbocycles. The van der Waals surface area contributed by atoms with E-state index in [0.717, 1.165) is 43.0 Å². The molecule has 4 heterocycles. The molecule has 0 saturated carbocycles. The Labute approximate surface area is 233 Å². The van der Waals surface area contributed by atoms with Crippen LogP contribution in [-0.4, -0.2) is 87.7 Å². The van der Waals surface area contributed by atoms with E-state index in [-0.39, 0.29) is 11.6 Å². The van der Waals surface area contributed by atoms with Crippen molar-refractivity contribution in [3.05, 3.63) is 59.7 Å². The fourth-order valence-electron chi connectivity index (χ4n) is 4.72. The van der Waals surface area contributed by atoms with Crippen LogP contribution in [0.4, 0.5) is 17.3 Å². The fourth-order valence-corrected chi connectivity index (χ4v) is 4.72. The highest BCUT2D eigenvalue weighted by molar-refractivity contribution is 6.04. The molecule has 12 nitrogen and oxygen atoms in total. The first-order valence-corrected chi connectivity index (χ1v) is 13.3. The number of fused-ring (bicyclic) bond motifs is 1. The fraction of sp³-hybridized carbons (Fsp3) is 0.429. The number of nitrogens with one attached hydrogen (secondary N) is 2. The van der Waals surface area contributed by atoms with Crippen LogP contribution in [0.15, 0.2) is 42.9 Å². The molecule has 2 aliphatic heterocycles. The molecule has 0 unspecified atom stereocenters. The van der Waals surface area contributed by atoms with Gasteiger partial charge in [-0.15, -0.1) is 0 Å². The lowest BCUT2D eigenvalue weighted by molar-refractivity contribution is 0.102. The summed E-state index contributed by atoms with van der Waals surface area (Å²) in [6.45, 7) is 6.43. The standard InChI is InChI=1S/C28H35N7O5/c1-37-11-13-39-25-15-20-18-35(19-21(20)16-26(25)40-14-12-38-2)28-31-6-3-22(33-28)27(36)32-23-17-30-5-4-24(23)34-9-7-29-8-10-34/h3-6,15-17,29H,7-14,18-19H2,1-2H3,(H,32,36). The average molecular weight is 550 g/mol. The van der Waals surface area contributed by atoms with E-state index < -0.39 is 0 Å². The Morgan fingerprint density at radius 2 is 1.60 bits per heavy atom. The molecule has 0 bridgehead atoms. The van der Waals surface area contributed by atoms with Gasteiger partial charge in [-0.25, -0.2) is 9.97 Å². The molecular weight excluding hydrogens is 514 g/mol. The van der Waals surface area contributed by atoms with Gasteiger partial charge in [-0.05, 0) is 35.4 Å². The Balaban J connectivity index is 1.30. The van der Waals surface area contributed by atoms with Gasteiger partial charge in [0.2, 0.25) is 5.95 Å². The van der Waals surface area contributed by atoms with Gasteiger partial charge < -0.3 is 39.4 Å². The second kappa shape index (κ2) is 13.4. The SMILES string of the molecule is COCCOc1cc2c(cc1OCCOC)CN(c1nccc(C(=O)Nc3cnccc3N3CCNCC3)n1)C2. The van der Waals surface area contributed by atoms with E-state index in [1.807, 2.05) is 23.1 Å². The number of carbonyl (C=O) groups is 1. The summed E-state index contributed by atoms with van der Waals surface area (Å²) < 4.78 is 22.1. The lowest BCUT2D eigenvalue weighted by atomic mass is 10.1. The number of anilines is 3. The zero-order valence-electron chi connectivity index (χ0n) is 22.9. The van der Waals surface area contributed by atoms with Gasteiger partial charge in [0.15, 0.2) is 11.5 Å². The van der Waals surface area contributed by atoms with E-state index >= 15 is 0 Å². The zero-order chi connectivity index (χ0) is 27.7. The van der Waals surface area contributed by atoms with Crippen molar-refractivity contribution in [2.45, 2.75) is 13.1 Å². The van der Waals surface area contributed by atoms with Crippen molar-refractivity contribution < 1.29 is 23.7 Å². The summed E-state index contributed by atoms with van der Waals surface area (Å²) in [5, 5.41) is 6.35. The summed E-state index contributed by atoms with van der Waals surface area (Å²) in [4.78, 5) is 30.8. The average Bonchev–Trinajstić information content (AvgIpc) is 3.41. The Morgan fingerprint density at radius 1 is 0.925 bits per heavy atom. The Morgan fingerprint density at radius 3 is 2.25 bits per heavy atom. The number of hydrogen-bond donors (Lipinski definition) is 2. The number of ether oxygens (including phenoxy) is 4. The summed E-state index contributed by atoms with van der Waals surface area (Å²) >= 11 is 0. The van der Waals surface area contributed by atoms with Crippen LogP contribution in [-0.2, 0) is 22.6 Å². The minimum absolute atomic E-state index is 0.281. The van der Waals surface area contributed by atoms with E-state index in [2.05, 4.69) is 30.5 Å². The largest absolute Gasteiger partial charge is 0.487 e. The van der Waals surface area contributed by atoms with Crippen LogP contribution in [0.3, 0.4) is 0 Å². The van der Waals surface area contributed by atoms with Gasteiger partial charge in [0.05, 0.1) is 30.8 Å². The Hall–Kier alpha value is -4.00. The number of rotatable bonds is 12. The van der Waals surface area contributed by atoms with E-state index in [9.17, 15) is 4.79 Å². The van der Waals surface area contributed by atoms with Crippen LogP contribution in [0.1, 0.15) is 21.6 Å². The third-order valence-corrected chi connectivity index (χ3v) is 6.74. The number of methoxy groups -OCH3 is 2. The van der Waals surface area contributed by atoms with Crippen molar-refractivity contribution in [3.63, 3.8) is 0 Å². The van der Waals surface area contributed by atoms with Gasteiger partial charge in [0.25, 0.3) is 5.91 Å². The van der Waals surface area contributed by atoms with E-state index in [4.69, 9.17) is 18.9 Å². The van der Waals surface area contributed by atoms with E-state index in [1.165, 1.54) is 0 Å². The molecule has 5 rings (SSSR count). The van der Waals surface area contributed by atoms with Gasteiger partial charge in [-0.2, -0.15) is 0 Å². The molecule has 2 aliphatic rings. The van der Waals surface area contributed by atoms with Crippen LogP contribution in [0.2, 0.25) is 0 Å². The molecule has 0 atom stereocenters. The summed E-state index contributed by atoms with van der Waals surface area (Å²) in [5.74, 6) is 1.47. The second-order valence-corrected chi connectivity index (χ2v) is 9.43. The molecule has 1 fully saturated rings. The molecular formula is C28H35N7O5. The predicted octanol–water partition coefficient (Wildman–Crippen LogP) is 2.10. The number of carbonyl (C=O) groups excluding carboxylic acids is 1. The zero-order valence-corrected chi connectivity index (χ0v) is 22.9. The minimum Gasteiger partial charge on any atom is -0.487 e. The molecule has 1 saturated heterocycles. The van der Waals surface area contributed by atoms with Crippen molar-refractivity contribution in [3.8, 4) is 11.5 Å². The Bertz CT molecular complexity index is 1260. The molecule has 2 aromatic heterocycles. The first-order chi connectivity index (χ1) is 19.7. The minimum atomic E-state index is -0.313. The highest BCUT2D eigenvalue weighted by atomic mass is 16.5. The highest BCUT2D eigenvalue weighted by Crippen LogP contribution is 2.36. The molecule has 2 N–H and O–H groups in total. The van der Waals surface area contributed by atoms with Crippen LogP contribution in [0.5, 0.6) is 11.5 Å². The number of aromatic nitrogens is 3. The van der Waals surface area contributed by atoms with Crippen LogP contribution < -0.4 is 29.9 Å². The maximum Gasteiger partial charge on any atom is 0.274 e. The number of pyridine rings is 1. The van der Waals surface area contributed by atoms with Gasteiger partial charge in [0.1, 0.15) is 18.9 Å². The summed E-state index contributed by atoms with van der Waals surface area (Å²) in [6.07, 6.45) is 5.02. The Kier molecular flexibility index (Phi) is 9.22. The van der Waals surface area contributed by atoms with Gasteiger partial charge in [0, 0.05) is 65.9 Å². The number of piperazine rings is 1. The maximum atomic E-state index is 13.2. The quantitative estimate of drug-likeness (QED) is 0.323. The molecule has 1 amide bonds. The van der Waals surface area contributed by atoms with Crippen LogP contribution in [0, 0.1) is 0 Å². The van der Waals surface area contributed by atoms with E-state index in [1.54, 1.807) is 38.9 Å². The highest BCUT2D eigenvalue weighted by Gasteiger charge is 2.25. The monoisotopic (exact) mass is 549 g/mol. The third kappa shape index (κ3) is 6.58. The number of benzene rings is 1. The molecule has 0 aliphatic carbocycles. The number of amides is 1. The lowest BCUT2D eigenvalue weighted by Crippen LogP contribution is -2.43. The molecule has 12 heteroatoms. The maximum absolute atomic E-state index is 13.2. The summed E-state index contributed by atoms with van der Waals surface area (Å²) in [5.41, 5.74) is 4.05. The lowest BCUT2D eigenvalue weighted by Gasteiger charge is -2.30. The number of hydrogen-bond acceptors (Lipinski definition) is 11. The number of nitrogens with zero attached hydrogens (tertiary/aromatic N) is 5. The van der Waals surface area contributed by atoms with Gasteiger partial charge >= 0.3 is 0 Å². The topological polar surface area (TPSA) is 123 Å². The summed E-state index contributed by atoms with van der Waals surface area (Å²) in [6, 6.07) is 7.52. The third-order valence-electron chi connectivity index (χ3n) is 6.74. The first-order valence-electron chi connectivity index (χ1n) is 13.3. The smallest absolute Gasteiger partial charge is 0.274 e. The normalized spacial score (nSPS) is 14.7. The van der Waals surface area contributed by atoms with Gasteiger partial charge in [-0.1, -0.05) is 0 Å². The molecule has 0 radical (unpaired) electrons. The molecule has 3 aromatic rings. The second-order valence-electron chi connectivity index (χ2n) is 9.43. The van der Waals surface area contributed by atoms with Crippen molar-refractivity contribution in [2.24, 2.45) is 0 Å². The van der Waals surface area contributed by atoms with E-state index in [0.29, 0.717) is 62.7 Å². The molecule has 0 spiro atoms. The van der Waals surface area contributed by atoms with Crippen LogP contribution in [0.25, 0.3) is 0 Å².